The normalized spacial score (nSPS) is 24.2. The first-order chi connectivity index (χ1) is 5.16. The van der Waals surface area contributed by atoms with Gasteiger partial charge in [0.15, 0.2) is 0 Å². The maximum absolute atomic E-state index is 10.7. The highest BCUT2D eigenvalue weighted by Gasteiger charge is 2.41. The van der Waals surface area contributed by atoms with Crippen molar-refractivity contribution in [2.45, 2.75) is 6.10 Å². The molecule has 0 aromatic rings. The largest absolute Gasteiger partial charge is 0.534 e. The third-order valence-electron chi connectivity index (χ3n) is 0.879. The van der Waals surface area contributed by atoms with E-state index < -0.39 is 20.5 Å². The predicted octanol–water partition coefficient (Wildman–Crippen LogP) is -0.642. The number of aliphatic hydroxyl groups is 2. The van der Waals surface area contributed by atoms with E-state index in [2.05, 4.69) is 18.9 Å². The third kappa shape index (κ3) is 2.49. The second-order valence-corrected chi connectivity index (χ2v) is 3.25. The fourth-order valence-electron chi connectivity index (χ4n) is 0.353. The van der Waals surface area contributed by atoms with Crippen molar-refractivity contribution in [1.82, 2.24) is 0 Å². The molecule has 66 valence electrons. The maximum atomic E-state index is 10.7. The van der Waals surface area contributed by atoms with Crippen LogP contribution in [0, 0.1) is 0 Å². The van der Waals surface area contributed by atoms with Gasteiger partial charge in [0.1, 0.15) is 6.10 Å². The summed E-state index contributed by atoms with van der Waals surface area (Å²) in [6.45, 7) is -0.821. The molecule has 7 nitrogen and oxygen atoms in total. The lowest BCUT2D eigenvalue weighted by Gasteiger charge is -2.21. The predicted molar refractivity (Wildman–Crippen MR) is 29.9 cm³/mol. The van der Waals surface area contributed by atoms with Crippen molar-refractivity contribution in [2.24, 2.45) is 0 Å². The van der Waals surface area contributed by atoms with Gasteiger partial charge in [-0.2, -0.15) is 0 Å². The number of aliphatic hydroxyl groups excluding tert-OH is 2. The minimum Gasteiger partial charge on any atom is -0.394 e. The SMILES string of the molecule is O=P1(OCC(O)CO)OOO1. The maximum Gasteiger partial charge on any atom is 0.534 e. The number of hydrogen-bond acceptors (Lipinski definition) is 7. The van der Waals surface area contributed by atoms with E-state index in [1.165, 1.54) is 0 Å². The lowest BCUT2D eigenvalue weighted by atomic mass is 10.4. The number of phosphoric acid groups is 1. The molecule has 1 saturated heterocycles. The molecule has 0 amide bonds. The Kier molecular flexibility index (Phi) is 2.97. The van der Waals surface area contributed by atoms with Gasteiger partial charge in [0.05, 0.1) is 13.2 Å². The average molecular weight is 186 g/mol. The van der Waals surface area contributed by atoms with Gasteiger partial charge in [-0.3, -0.25) is 4.52 Å². The Morgan fingerprint density at radius 1 is 1.55 bits per heavy atom. The first-order valence-electron chi connectivity index (χ1n) is 2.74. The van der Waals surface area contributed by atoms with E-state index in [0.29, 0.717) is 0 Å². The molecular formula is C3H7O7P. The van der Waals surface area contributed by atoms with E-state index in [0.717, 1.165) is 0 Å². The van der Waals surface area contributed by atoms with Gasteiger partial charge in [-0.1, -0.05) is 9.35 Å². The van der Waals surface area contributed by atoms with Gasteiger partial charge >= 0.3 is 7.82 Å². The third-order valence-corrected chi connectivity index (χ3v) is 1.83. The molecule has 1 aliphatic rings. The van der Waals surface area contributed by atoms with Crippen LogP contribution in [0.2, 0.25) is 0 Å². The smallest absolute Gasteiger partial charge is 0.394 e. The molecule has 1 rings (SSSR count). The molecule has 1 fully saturated rings. The summed E-state index contributed by atoms with van der Waals surface area (Å²) in [5, 5.41) is 20.7. The number of hydrogen-bond donors (Lipinski definition) is 2. The van der Waals surface area contributed by atoms with Crippen LogP contribution in [0.5, 0.6) is 0 Å². The van der Waals surface area contributed by atoms with Crippen molar-refractivity contribution >= 4 is 7.82 Å². The van der Waals surface area contributed by atoms with Crippen LogP contribution in [0.25, 0.3) is 0 Å². The lowest BCUT2D eigenvalue weighted by molar-refractivity contribution is -0.499. The van der Waals surface area contributed by atoms with Gasteiger partial charge in [-0.25, -0.2) is 4.57 Å². The summed E-state index contributed by atoms with van der Waals surface area (Å²) < 4.78 is 23.0. The van der Waals surface area contributed by atoms with E-state index in [1.54, 1.807) is 0 Å². The Morgan fingerprint density at radius 2 is 2.18 bits per heavy atom. The molecule has 0 aromatic heterocycles. The van der Waals surface area contributed by atoms with Crippen molar-refractivity contribution in [3.05, 3.63) is 0 Å². The Bertz CT molecular complexity index is 161. The van der Waals surface area contributed by atoms with Crippen LogP contribution in [0.4, 0.5) is 0 Å². The van der Waals surface area contributed by atoms with E-state index >= 15 is 0 Å². The standard InChI is InChI=1S/C3H7O7P/c4-1-3(5)2-7-11(6)9-8-10-11/h3-5H,1-2H2. The zero-order valence-corrected chi connectivity index (χ0v) is 6.27. The Hall–Kier alpha value is -0.0100. The van der Waals surface area contributed by atoms with Crippen molar-refractivity contribution < 1.29 is 33.7 Å². The summed E-state index contributed by atoms with van der Waals surface area (Å²) in [6, 6.07) is 0. The van der Waals surface area contributed by atoms with Gasteiger partial charge in [-0.15, -0.1) is 0 Å². The zero-order chi connectivity index (χ0) is 8.32. The van der Waals surface area contributed by atoms with Gasteiger partial charge in [0.2, 0.25) is 0 Å². The molecule has 1 heterocycles. The van der Waals surface area contributed by atoms with Crippen LogP contribution in [0.1, 0.15) is 0 Å². The van der Waals surface area contributed by atoms with E-state index in [4.69, 9.17) is 10.2 Å². The summed E-state index contributed by atoms with van der Waals surface area (Å²) in [6.07, 6.45) is -1.10. The molecule has 0 saturated carbocycles. The second kappa shape index (κ2) is 3.59. The van der Waals surface area contributed by atoms with Crippen LogP contribution in [0.3, 0.4) is 0 Å². The average Bonchev–Trinajstić information content (AvgIpc) is 1.96. The van der Waals surface area contributed by atoms with Gasteiger partial charge in [0, 0.05) is 0 Å². The van der Waals surface area contributed by atoms with Crippen molar-refractivity contribution in [1.29, 1.82) is 0 Å². The summed E-state index contributed by atoms with van der Waals surface area (Å²) >= 11 is 0. The van der Waals surface area contributed by atoms with Crippen LogP contribution in [-0.2, 0) is 23.5 Å². The minimum atomic E-state index is -3.55. The molecule has 1 aliphatic heterocycles. The molecule has 8 heteroatoms. The highest BCUT2D eigenvalue weighted by atomic mass is 31.2. The highest BCUT2D eigenvalue weighted by Crippen LogP contribution is 2.57. The zero-order valence-electron chi connectivity index (χ0n) is 5.37. The van der Waals surface area contributed by atoms with Gasteiger partial charge in [0.25, 0.3) is 0 Å². The van der Waals surface area contributed by atoms with Crippen molar-refractivity contribution in [2.75, 3.05) is 13.2 Å². The van der Waals surface area contributed by atoms with Crippen LogP contribution in [0.15, 0.2) is 0 Å². The van der Waals surface area contributed by atoms with Crippen LogP contribution in [-0.4, -0.2) is 29.5 Å². The summed E-state index contributed by atoms with van der Waals surface area (Å²) in [5.74, 6) is 0. The summed E-state index contributed by atoms with van der Waals surface area (Å²) in [4.78, 5) is 0. The van der Waals surface area contributed by atoms with E-state index in [9.17, 15) is 4.57 Å². The quantitative estimate of drug-likeness (QED) is 0.445. The molecule has 2 N–H and O–H groups in total. The summed E-state index contributed by atoms with van der Waals surface area (Å²) in [7, 11) is -3.55. The Balaban J connectivity index is 2.16. The monoisotopic (exact) mass is 186 g/mol. The first-order valence-corrected chi connectivity index (χ1v) is 4.20. The van der Waals surface area contributed by atoms with Gasteiger partial charge in [-0.05, 0) is 5.04 Å². The molecular weight excluding hydrogens is 179 g/mol. The van der Waals surface area contributed by atoms with Crippen LogP contribution < -0.4 is 0 Å². The molecule has 0 aliphatic carbocycles. The topological polar surface area (TPSA) is 94.5 Å². The molecule has 11 heavy (non-hydrogen) atoms. The fourth-order valence-corrected chi connectivity index (χ4v) is 0.954. The molecule has 1 atom stereocenters. The molecule has 1 unspecified atom stereocenters. The Morgan fingerprint density at radius 3 is 2.55 bits per heavy atom. The van der Waals surface area contributed by atoms with Gasteiger partial charge < -0.3 is 10.2 Å². The highest BCUT2D eigenvalue weighted by molar-refractivity contribution is 7.48. The molecule has 0 bridgehead atoms. The van der Waals surface area contributed by atoms with E-state index in [1.807, 2.05) is 0 Å². The molecule has 0 radical (unpaired) electrons. The van der Waals surface area contributed by atoms with E-state index in [-0.39, 0.29) is 6.61 Å². The van der Waals surface area contributed by atoms with Crippen molar-refractivity contribution in [3.8, 4) is 0 Å². The lowest BCUT2D eigenvalue weighted by Crippen LogP contribution is -2.21. The summed E-state index contributed by atoms with van der Waals surface area (Å²) in [5.41, 5.74) is 0. The fraction of sp³-hybridized carbons (Fsp3) is 1.00. The minimum absolute atomic E-state index is 0.336. The van der Waals surface area contributed by atoms with Crippen molar-refractivity contribution in [3.63, 3.8) is 0 Å². The molecule has 0 spiro atoms. The second-order valence-electron chi connectivity index (χ2n) is 1.80. The Labute approximate surface area is 61.9 Å². The van der Waals surface area contributed by atoms with Crippen LogP contribution >= 0.6 is 7.82 Å². The number of rotatable bonds is 4. The molecule has 0 aromatic carbocycles. The first kappa shape index (κ1) is 9.08.